The van der Waals surface area contributed by atoms with Crippen molar-refractivity contribution in [1.29, 1.82) is 0 Å². The van der Waals surface area contributed by atoms with Gasteiger partial charge in [-0.15, -0.1) is 0 Å². The number of fused-ring (bicyclic) bond motifs is 1. The first kappa shape index (κ1) is 16.8. The fourth-order valence-electron chi connectivity index (χ4n) is 3.76. The Balaban J connectivity index is 1.56. The van der Waals surface area contributed by atoms with Gasteiger partial charge in [0.1, 0.15) is 23.3 Å². The first-order valence-corrected chi connectivity index (χ1v) is 9.21. The quantitative estimate of drug-likeness (QED) is 0.750. The third-order valence-electron chi connectivity index (χ3n) is 5.21. The Morgan fingerprint density at radius 3 is 2.88 bits per heavy atom. The van der Waals surface area contributed by atoms with E-state index in [0.717, 1.165) is 28.3 Å². The lowest BCUT2D eigenvalue weighted by Crippen LogP contribution is -2.34. The van der Waals surface area contributed by atoms with Gasteiger partial charge in [-0.1, -0.05) is 30.5 Å². The van der Waals surface area contributed by atoms with Crippen LogP contribution in [0, 0.1) is 6.92 Å². The highest BCUT2D eigenvalue weighted by molar-refractivity contribution is 5.87. The molecular weight excluding hydrogens is 328 g/mol. The molecule has 7 nitrogen and oxygen atoms in total. The number of hydrogen-bond donors (Lipinski definition) is 1. The van der Waals surface area contributed by atoms with Gasteiger partial charge in [-0.3, -0.25) is 0 Å². The third-order valence-corrected chi connectivity index (χ3v) is 5.21. The summed E-state index contributed by atoms with van der Waals surface area (Å²) in [7, 11) is 2.16. The molecule has 0 saturated heterocycles. The molecule has 1 fully saturated rings. The fraction of sp³-hybridized carbons (Fsp3) is 0.474. The molecule has 0 aliphatic heterocycles. The van der Waals surface area contributed by atoms with Gasteiger partial charge in [0.25, 0.3) is 5.71 Å². The number of nitrogens with one attached hydrogen (secondary N) is 1. The van der Waals surface area contributed by atoms with Crippen LogP contribution in [0.25, 0.3) is 11.1 Å². The fourth-order valence-corrected chi connectivity index (χ4v) is 3.76. The van der Waals surface area contributed by atoms with Crippen molar-refractivity contribution in [3.63, 3.8) is 0 Å². The van der Waals surface area contributed by atoms with Gasteiger partial charge in [0.05, 0.1) is 5.69 Å². The number of hydrogen-bond acceptors (Lipinski definition) is 7. The first-order valence-electron chi connectivity index (χ1n) is 9.21. The molecule has 0 spiro atoms. The molecule has 1 aliphatic carbocycles. The van der Waals surface area contributed by atoms with Crippen LogP contribution in [-0.2, 0) is 6.54 Å². The van der Waals surface area contributed by atoms with Crippen molar-refractivity contribution >= 4 is 22.7 Å². The minimum Gasteiger partial charge on any atom is -0.365 e. The smallest absolute Gasteiger partial charge is 0.263 e. The number of aryl methyl sites for hydroxylation is 1. The Hall–Kier alpha value is -2.70. The number of aromatic nitrogens is 4. The van der Waals surface area contributed by atoms with Crippen LogP contribution >= 0.6 is 0 Å². The van der Waals surface area contributed by atoms with E-state index in [0.29, 0.717) is 18.3 Å². The van der Waals surface area contributed by atoms with Crippen LogP contribution in [-0.4, -0.2) is 33.2 Å². The van der Waals surface area contributed by atoms with E-state index in [2.05, 4.69) is 43.4 Å². The highest BCUT2D eigenvalue weighted by Crippen LogP contribution is 2.28. The molecule has 3 heterocycles. The summed E-state index contributed by atoms with van der Waals surface area (Å²) >= 11 is 0. The highest BCUT2D eigenvalue weighted by Gasteiger charge is 2.21. The number of nitrogens with zero attached hydrogens (tertiary/aromatic N) is 5. The molecule has 1 aliphatic rings. The van der Waals surface area contributed by atoms with Crippen LogP contribution in [0.2, 0.25) is 0 Å². The summed E-state index contributed by atoms with van der Waals surface area (Å²) < 4.78 is 5.22. The average Bonchev–Trinajstić information content (AvgIpc) is 3.08. The summed E-state index contributed by atoms with van der Waals surface area (Å²) in [5.41, 5.74) is 2.45. The van der Waals surface area contributed by atoms with Crippen molar-refractivity contribution in [3.05, 3.63) is 35.9 Å². The molecular formula is C19H24N6O. The molecule has 1 N–H and O–H groups in total. The molecule has 3 aromatic heterocycles. The largest absolute Gasteiger partial charge is 0.365 e. The molecule has 1 saturated carbocycles. The lowest BCUT2D eigenvalue weighted by molar-refractivity contribution is 0.425. The molecule has 0 aromatic carbocycles. The van der Waals surface area contributed by atoms with Crippen LogP contribution in [0.15, 0.2) is 29.2 Å². The predicted octanol–water partition coefficient (Wildman–Crippen LogP) is 3.70. The summed E-state index contributed by atoms with van der Waals surface area (Å²) in [5, 5.41) is 8.22. The zero-order valence-corrected chi connectivity index (χ0v) is 15.3. The molecule has 0 radical (unpaired) electrons. The SMILES string of the molecule is Cc1noc2ncnc(NCc3cccnc3N(C)C3CCCCC3)c12. The molecule has 136 valence electrons. The summed E-state index contributed by atoms with van der Waals surface area (Å²) in [6.45, 7) is 2.53. The topological polar surface area (TPSA) is 80.0 Å². The van der Waals surface area contributed by atoms with Crippen molar-refractivity contribution in [2.45, 2.75) is 51.6 Å². The molecule has 0 unspecified atom stereocenters. The summed E-state index contributed by atoms with van der Waals surface area (Å²) in [6, 6.07) is 4.67. The predicted molar refractivity (Wildman–Crippen MR) is 101 cm³/mol. The monoisotopic (exact) mass is 352 g/mol. The minimum atomic E-state index is 0.505. The molecule has 3 aromatic rings. The Morgan fingerprint density at radius 2 is 2.04 bits per heavy atom. The molecule has 0 amide bonds. The van der Waals surface area contributed by atoms with Crippen molar-refractivity contribution in [1.82, 2.24) is 20.1 Å². The highest BCUT2D eigenvalue weighted by atomic mass is 16.5. The number of anilines is 2. The van der Waals surface area contributed by atoms with Crippen molar-refractivity contribution in [3.8, 4) is 0 Å². The van der Waals surface area contributed by atoms with Gasteiger partial charge in [-0.05, 0) is 25.8 Å². The second kappa shape index (κ2) is 7.27. The number of rotatable bonds is 5. The maximum absolute atomic E-state index is 5.22. The second-order valence-electron chi connectivity index (χ2n) is 6.91. The Morgan fingerprint density at radius 1 is 1.19 bits per heavy atom. The first-order chi connectivity index (χ1) is 12.7. The summed E-state index contributed by atoms with van der Waals surface area (Å²) in [4.78, 5) is 15.5. The lowest BCUT2D eigenvalue weighted by Gasteiger charge is -2.33. The van der Waals surface area contributed by atoms with Crippen LogP contribution in [0.3, 0.4) is 0 Å². The van der Waals surface area contributed by atoms with Gasteiger partial charge in [0.2, 0.25) is 0 Å². The van der Waals surface area contributed by atoms with Crippen molar-refractivity contribution in [2.75, 3.05) is 17.3 Å². The lowest BCUT2D eigenvalue weighted by atomic mass is 9.94. The van der Waals surface area contributed by atoms with E-state index < -0.39 is 0 Å². The van der Waals surface area contributed by atoms with E-state index in [1.807, 2.05) is 19.2 Å². The second-order valence-corrected chi connectivity index (χ2v) is 6.91. The summed E-state index contributed by atoms with van der Waals surface area (Å²) in [5.74, 6) is 1.78. The van der Waals surface area contributed by atoms with E-state index >= 15 is 0 Å². The van der Waals surface area contributed by atoms with E-state index in [1.54, 1.807) is 0 Å². The van der Waals surface area contributed by atoms with Crippen LogP contribution in [0.4, 0.5) is 11.6 Å². The zero-order chi connectivity index (χ0) is 17.9. The Kier molecular flexibility index (Phi) is 4.69. The minimum absolute atomic E-state index is 0.505. The van der Waals surface area contributed by atoms with Crippen molar-refractivity contribution < 1.29 is 4.52 Å². The molecule has 26 heavy (non-hydrogen) atoms. The maximum atomic E-state index is 5.22. The van der Waals surface area contributed by atoms with Crippen molar-refractivity contribution in [2.24, 2.45) is 0 Å². The molecule has 7 heteroatoms. The van der Waals surface area contributed by atoms with Gasteiger partial charge in [0.15, 0.2) is 0 Å². The zero-order valence-electron chi connectivity index (χ0n) is 15.3. The van der Waals surface area contributed by atoms with E-state index in [-0.39, 0.29) is 0 Å². The number of pyridine rings is 1. The third kappa shape index (κ3) is 3.21. The molecule has 0 bridgehead atoms. The van der Waals surface area contributed by atoms with Gasteiger partial charge in [-0.25, -0.2) is 9.97 Å². The normalized spacial score (nSPS) is 15.3. The average molecular weight is 352 g/mol. The van der Waals surface area contributed by atoms with Gasteiger partial charge < -0.3 is 14.7 Å². The van der Waals surface area contributed by atoms with E-state index in [9.17, 15) is 0 Å². The standard InChI is InChI=1S/C19H24N6O/c1-13-16-17(22-12-23-19(16)26-24-13)21-11-14-7-6-10-20-18(14)25(2)15-8-4-3-5-9-15/h6-7,10,12,15H,3-5,8-9,11H2,1-2H3,(H,21,22,23). The van der Waals surface area contributed by atoms with Crippen LogP contribution in [0.1, 0.15) is 43.4 Å². The van der Waals surface area contributed by atoms with Gasteiger partial charge >= 0.3 is 0 Å². The Bertz CT molecular complexity index is 887. The maximum Gasteiger partial charge on any atom is 0.263 e. The molecule has 0 atom stereocenters. The van der Waals surface area contributed by atoms with E-state index in [4.69, 9.17) is 4.52 Å². The molecule has 4 rings (SSSR count). The Labute approximate surface area is 152 Å². The van der Waals surface area contributed by atoms with E-state index in [1.165, 1.54) is 38.4 Å². The van der Waals surface area contributed by atoms with Gasteiger partial charge in [-0.2, -0.15) is 4.98 Å². The van der Waals surface area contributed by atoms with Crippen LogP contribution < -0.4 is 10.2 Å². The summed E-state index contributed by atoms with van der Waals surface area (Å²) in [6.07, 6.45) is 9.81. The van der Waals surface area contributed by atoms with Crippen LogP contribution in [0.5, 0.6) is 0 Å². The van der Waals surface area contributed by atoms with Gasteiger partial charge in [0, 0.05) is 31.4 Å².